The summed E-state index contributed by atoms with van der Waals surface area (Å²) in [6.07, 6.45) is 1.26. The van der Waals surface area contributed by atoms with E-state index in [-0.39, 0.29) is 5.56 Å². The highest BCUT2D eigenvalue weighted by atomic mass is 79.9. The van der Waals surface area contributed by atoms with Crippen LogP contribution in [-0.2, 0) is 0 Å². The molecule has 1 aromatic carbocycles. The minimum Gasteiger partial charge on any atom is -0.478 e. The molecule has 0 spiro atoms. The van der Waals surface area contributed by atoms with Gasteiger partial charge in [0.25, 0.3) is 0 Å². The maximum absolute atomic E-state index is 11.2. The predicted molar refractivity (Wildman–Crippen MR) is 81.2 cm³/mol. The van der Waals surface area contributed by atoms with E-state index in [4.69, 9.17) is 5.84 Å². The SMILES string of the molecule is Cc1cc(Br)ccc1Nc1cc(NN)ncc1C(=O)O. The van der Waals surface area contributed by atoms with Crippen molar-refractivity contribution in [2.45, 2.75) is 6.92 Å². The van der Waals surface area contributed by atoms with Crippen LogP contribution in [-0.4, -0.2) is 16.1 Å². The van der Waals surface area contributed by atoms with E-state index in [1.807, 2.05) is 25.1 Å². The molecule has 5 N–H and O–H groups in total. The van der Waals surface area contributed by atoms with Crippen LogP contribution in [0.15, 0.2) is 34.9 Å². The van der Waals surface area contributed by atoms with Crippen LogP contribution in [0.1, 0.15) is 15.9 Å². The lowest BCUT2D eigenvalue weighted by Gasteiger charge is -2.13. The first-order valence-corrected chi connectivity index (χ1v) is 6.53. The maximum Gasteiger partial charge on any atom is 0.339 e. The Kier molecular flexibility index (Phi) is 4.21. The van der Waals surface area contributed by atoms with Gasteiger partial charge in [0.15, 0.2) is 0 Å². The van der Waals surface area contributed by atoms with Crippen LogP contribution >= 0.6 is 15.9 Å². The van der Waals surface area contributed by atoms with Gasteiger partial charge in [0.1, 0.15) is 11.4 Å². The van der Waals surface area contributed by atoms with Crippen LogP contribution in [0.2, 0.25) is 0 Å². The maximum atomic E-state index is 11.2. The standard InChI is InChI=1S/C13H13BrN4O2/c1-7-4-8(14)2-3-10(7)17-11-5-12(18-15)16-6-9(11)13(19)20/h2-6H,15H2,1H3,(H,19,20)(H2,16,17,18). The molecule has 0 bridgehead atoms. The molecule has 0 atom stereocenters. The van der Waals surface area contributed by atoms with E-state index in [1.165, 1.54) is 6.20 Å². The third-order valence-corrected chi connectivity index (χ3v) is 3.23. The summed E-state index contributed by atoms with van der Waals surface area (Å²) in [6, 6.07) is 7.22. The van der Waals surface area contributed by atoms with E-state index in [0.717, 1.165) is 15.7 Å². The van der Waals surface area contributed by atoms with Gasteiger partial charge in [-0.1, -0.05) is 15.9 Å². The van der Waals surface area contributed by atoms with E-state index in [9.17, 15) is 9.90 Å². The Balaban J connectivity index is 2.43. The predicted octanol–water partition coefficient (Wildman–Crippen LogP) is 2.88. The molecule has 0 aliphatic heterocycles. The molecule has 0 aliphatic rings. The highest BCUT2D eigenvalue weighted by Gasteiger charge is 2.12. The summed E-state index contributed by atoms with van der Waals surface area (Å²) in [5, 5.41) is 12.3. The Morgan fingerprint density at radius 2 is 2.10 bits per heavy atom. The molecule has 0 unspecified atom stereocenters. The number of carboxylic acid groups (broad SMARTS) is 1. The quantitative estimate of drug-likeness (QED) is 0.506. The average molecular weight is 337 g/mol. The number of aryl methyl sites for hydroxylation is 1. The molecule has 0 saturated heterocycles. The van der Waals surface area contributed by atoms with E-state index in [0.29, 0.717) is 11.5 Å². The molecule has 0 fully saturated rings. The van der Waals surface area contributed by atoms with E-state index in [1.54, 1.807) is 6.07 Å². The highest BCUT2D eigenvalue weighted by molar-refractivity contribution is 9.10. The van der Waals surface area contributed by atoms with Crippen LogP contribution in [0.25, 0.3) is 0 Å². The van der Waals surface area contributed by atoms with Crippen molar-refractivity contribution in [2.24, 2.45) is 5.84 Å². The molecule has 0 amide bonds. The van der Waals surface area contributed by atoms with Crippen molar-refractivity contribution in [3.8, 4) is 0 Å². The zero-order valence-corrected chi connectivity index (χ0v) is 12.2. The topological polar surface area (TPSA) is 100 Å². The van der Waals surface area contributed by atoms with Crippen molar-refractivity contribution >= 4 is 39.1 Å². The Bertz CT molecular complexity index is 661. The van der Waals surface area contributed by atoms with Gasteiger partial charge >= 0.3 is 5.97 Å². The van der Waals surface area contributed by atoms with Gasteiger partial charge in [-0.05, 0) is 30.7 Å². The zero-order chi connectivity index (χ0) is 14.7. The van der Waals surface area contributed by atoms with Crippen molar-refractivity contribution in [1.29, 1.82) is 0 Å². The monoisotopic (exact) mass is 336 g/mol. The number of nitrogens with one attached hydrogen (secondary N) is 2. The molecule has 7 heteroatoms. The first-order chi connectivity index (χ1) is 9.51. The molecule has 2 rings (SSSR count). The number of nitrogens with two attached hydrogens (primary N) is 1. The molecule has 104 valence electrons. The van der Waals surface area contributed by atoms with Crippen molar-refractivity contribution < 1.29 is 9.90 Å². The minimum absolute atomic E-state index is 0.0753. The summed E-state index contributed by atoms with van der Waals surface area (Å²) in [6.45, 7) is 1.93. The number of carbonyl (C=O) groups is 1. The molecule has 2 aromatic rings. The fraction of sp³-hybridized carbons (Fsp3) is 0.0769. The van der Waals surface area contributed by atoms with Crippen LogP contribution in [0.3, 0.4) is 0 Å². The van der Waals surface area contributed by atoms with Crippen LogP contribution in [0, 0.1) is 6.92 Å². The smallest absolute Gasteiger partial charge is 0.339 e. The second-order valence-electron chi connectivity index (χ2n) is 4.15. The molecular weight excluding hydrogens is 324 g/mol. The molecule has 0 aliphatic carbocycles. The van der Waals surface area contributed by atoms with Gasteiger partial charge in [0.05, 0.1) is 5.69 Å². The van der Waals surface area contributed by atoms with Gasteiger partial charge < -0.3 is 15.8 Å². The van der Waals surface area contributed by atoms with Crippen molar-refractivity contribution in [1.82, 2.24) is 4.98 Å². The van der Waals surface area contributed by atoms with Crippen LogP contribution < -0.4 is 16.6 Å². The lowest BCUT2D eigenvalue weighted by Crippen LogP contribution is -2.11. The number of hydrogen-bond donors (Lipinski definition) is 4. The number of nitrogens with zero attached hydrogens (tertiary/aromatic N) is 1. The Hall–Kier alpha value is -2.12. The van der Waals surface area contributed by atoms with Gasteiger partial charge in [-0.3, -0.25) is 0 Å². The summed E-state index contributed by atoms with van der Waals surface area (Å²) in [5.74, 6) is 4.62. The number of hydrazine groups is 1. The number of carboxylic acids is 1. The first-order valence-electron chi connectivity index (χ1n) is 5.74. The second-order valence-corrected chi connectivity index (χ2v) is 5.06. The van der Waals surface area contributed by atoms with Crippen molar-refractivity contribution in [3.63, 3.8) is 0 Å². The molecule has 1 heterocycles. The molecule has 0 saturated carbocycles. The number of anilines is 3. The average Bonchev–Trinajstić information content (AvgIpc) is 2.41. The Labute approximate surface area is 124 Å². The summed E-state index contributed by atoms with van der Waals surface area (Å²) >= 11 is 3.38. The summed E-state index contributed by atoms with van der Waals surface area (Å²) in [7, 11) is 0. The summed E-state index contributed by atoms with van der Waals surface area (Å²) in [5.41, 5.74) is 4.68. The normalized spacial score (nSPS) is 10.2. The Morgan fingerprint density at radius 3 is 2.70 bits per heavy atom. The fourth-order valence-corrected chi connectivity index (χ4v) is 2.20. The number of halogens is 1. The highest BCUT2D eigenvalue weighted by Crippen LogP contribution is 2.27. The third-order valence-electron chi connectivity index (χ3n) is 2.74. The van der Waals surface area contributed by atoms with Gasteiger partial charge in [0.2, 0.25) is 0 Å². The van der Waals surface area contributed by atoms with E-state index < -0.39 is 5.97 Å². The Morgan fingerprint density at radius 1 is 1.35 bits per heavy atom. The number of pyridine rings is 1. The molecule has 1 aromatic heterocycles. The van der Waals surface area contributed by atoms with Crippen molar-refractivity contribution in [3.05, 3.63) is 46.1 Å². The van der Waals surface area contributed by atoms with Gasteiger partial charge in [-0.15, -0.1) is 0 Å². The van der Waals surface area contributed by atoms with E-state index in [2.05, 4.69) is 31.7 Å². The second kappa shape index (κ2) is 5.89. The van der Waals surface area contributed by atoms with Gasteiger partial charge in [-0.25, -0.2) is 15.6 Å². The van der Waals surface area contributed by atoms with Gasteiger partial charge in [0, 0.05) is 22.4 Å². The number of hydrogen-bond acceptors (Lipinski definition) is 5. The number of rotatable bonds is 4. The number of benzene rings is 1. The third kappa shape index (κ3) is 3.06. The minimum atomic E-state index is -1.06. The summed E-state index contributed by atoms with van der Waals surface area (Å²) in [4.78, 5) is 15.1. The summed E-state index contributed by atoms with van der Waals surface area (Å²) < 4.78 is 0.957. The number of nitrogen functional groups attached to an aromatic ring is 1. The largest absolute Gasteiger partial charge is 0.478 e. The molecular formula is C13H13BrN4O2. The molecule has 20 heavy (non-hydrogen) atoms. The first kappa shape index (κ1) is 14.3. The van der Waals surface area contributed by atoms with E-state index >= 15 is 0 Å². The number of aromatic nitrogens is 1. The van der Waals surface area contributed by atoms with Gasteiger partial charge in [-0.2, -0.15) is 0 Å². The molecule has 6 nitrogen and oxygen atoms in total. The lowest BCUT2D eigenvalue weighted by molar-refractivity contribution is 0.0697. The fourth-order valence-electron chi connectivity index (χ4n) is 1.72. The molecule has 0 radical (unpaired) electrons. The zero-order valence-electron chi connectivity index (χ0n) is 10.6. The lowest BCUT2D eigenvalue weighted by atomic mass is 10.1. The number of aromatic carboxylic acids is 1. The van der Waals surface area contributed by atoms with Crippen LogP contribution in [0.4, 0.5) is 17.2 Å². The van der Waals surface area contributed by atoms with Crippen LogP contribution in [0.5, 0.6) is 0 Å². The van der Waals surface area contributed by atoms with Crippen molar-refractivity contribution in [2.75, 3.05) is 10.7 Å².